The van der Waals surface area contributed by atoms with Gasteiger partial charge in [0, 0.05) is 13.0 Å². The maximum absolute atomic E-state index is 12.6. The summed E-state index contributed by atoms with van der Waals surface area (Å²) in [6.45, 7) is 6.93. The van der Waals surface area contributed by atoms with Gasteiger partial charge in [-0.1, -0.05) is 35.5 Å². The van der Waals surface area contributed by atoms with Crippen LogP contribution in [0.3, 0.4) is 0 Å². The summed E-state index contributed by atoms with van der Waals surface area (Å²) in [4.78, 5) is 18.1. The third-order valence-electron chi connectivity index (χ3n) is 4.16. The van der Waals surface area contributed by atoms with Crippen molar-refractivity contribution in [1.82, 2.24) is 15.1 Å². The van der Waals surface area contributed by atoms with E-state index in [0.717, 1.165) is 29.2 Å². The van der Waals surface area contributed by atoms with Crippen LogP contribution in [0.25, 0.3) is 0 Å². The van der Waals surface area contributed by atoms with E-state index in [9.17, 15) is 4.79 Å². The van der Waals surface area contributed by atoms with E-state index in [0.29, 0.717) is 13.0 Å². The molecular weight excluding hydrogens is 304 g/mol. The summed E-state index contributed by atoms with van der Waals surface area (Å²) in [5.41, 5.74) is 2.72. The summed E-state index contributed by atoms with van der Waals surface area (Å²) < 4.78 is 1.89. The maximum Gasteiger partial charge on any atom is 0.267 e. The van der Waals surface area contributed by atoms with Gasteiger partial charge in [0.2, 0.25) is 5.60 Å². The van der Waals surface area contributed by atoms with Crippen LogP contribution >= 0.6 is 0 Å². The molecule has 1 amide bonds. The number of hydrogen-bond acceptors (Lipinski definition) is 4. The molecule has 0 fully saturated rings. The average Bonchev–Trinajstić information content (AvgIpc) is 3.17. The second-order valence-electron chi connectivity index (χ2n) is 6.18. The van der Waals surface area contributed by atoms with E-state index in [1.807, 2.05) is 54.9 Å². The summed E-state index contributed by atoms with van der Waals surface area (Å²) >= 11 is 0. The first kappa shape index (κ1) is 16.2. The topological polar surface area (TPSA) is 68.5 Å². The normalized spacial score (nSPS) is 19.7. The minimum Gasteiger partial charge on any atom is -0.379 e. The van der Waals surface area contributed by atoms with Gasteiger partial charge in [0.05, 0.1) is 23.6 Å². The fourth-order valence-corrected chi connectivity index (χ4v) is 2.82. The standard InChI is InChI=1S/C18H22N4O2/c1-4-22-15(10-13(2)20-22)12-19-17(23)18(3)11-16(21-24-18)14-8-6-5-7-9-14/h5-10H,4,11-12H2,1-3H3,(H,19,23)/t18-/m0/s1. The summed E-state index contributed by atoms with van der Waals surface area (Å²) in [5.74, 6) is -0.168. The van der Waals surface area contributed by atoms with Crippen molar-refractivity contribution in [3.8, 4) is 0 Å². The highest BCUT2D eigenvalue weighted by Crippen LogP contribution is 2.26. The molecule has 1 aromatic carbocycles. The molecule has 0 aliphatic carbocycles. The Hall–Kier alpha value is -2.63. The molecule has 0 radical (unpaired) electrons. The largest absolute Gasteiger partial charge is 0.379 e. The molecule has 126 valence electrons. The Morgan fingerprint density at radius 3 is 2.83 bits per heavy atom. The summed E-state index contributed by atoms with van der Waals surface area (Å²) in [6.07, 6.45) is 0.453. The number of nitrogens with one attached hydrogen (secondary N) is 1. The van der Waals surface area contributed by atoms with Crippen LogP contribution in [0.5, 0.6) is 0 Å². The lowest BCUT2D eigenvalue weighted by Crippen LogP contribution is -2.44. The monoisotopic (exact) mass is 326 g/mol. The van der Waals surface area contributed by atoms with Crippen LogP contribution in [0.4, 0.5) is 0 Å². The zero-order chi connectivity index (χ0) is 17.2. The number of hydrogen-bond donors (Lipinski definition) is 1. The van der Waals surface area contributed by atoms with E-state index < -0.39 is 5.60 Å². The van der Waals surface area contributed by atoms with E-state index in [4.69, 9.17) is 4.84 Å². The number of amides is 1. The maximum atomic E-state index is 12.6. The van der Waals surface area contributed by atoms with Crippen molar-refractivity contribution in [2.75, 3.05) is 0 Å². The van der Waals surface area contributed by atoms with Gasteiger partial charge in [0.1, 0.15) is 0 Å². The second kappa shape index (κ2) is 6.47. The number of carbonyl (C=O) groups excluding carboxylic acids is 1. The van der Waals surface area contributed by atoms with Gasteiger partial charge in [-0.15, -0.1) is 0 Å². The lowest BCUT2D eigenvalue weighted by molar-refractivity contribution is -0.141. The Labute approximate surface area is 141 Å². The molecule has 1 aliphatic heterocycles. The number of carbonyl (C=O) groups is 1. The average molecular weight is 326 g/mol. The SMILES string of the molecule is CCn1nc(C)cc1CNC(=O)[C@]1(C)CC(c2ccccc2)=NO1. The van der Waals surface area contributed by atoms with Gasteiger partial charge in [-0.2, -0.15) is 5.10 Å². The number of aryl methyl sites for hydroxylation is 2. The van der Waals surface area contributed by atoms with Gasteiger partial charge in [-0.05, 0) is 32.4 Å². The summed E-state index contributed by atoms with van der Waals surface area (Å²) in [6, 6.07) is 11.8. The van der Waals surface area contributed by atoms with Crippen LogP contribution in [0.15, 0.2) is 41.6 Å². The van der Waals surface area contributed by atoms with Crippen LogP contribution in [0.1, 0.15) is 37.2 Å². The van der Waals surface area contributed by atoms with Crippen molar-refractivity contribution in [3.63, 3.8) is 0 Å². The van der Waals surface area contributed by atoms with Crippen molar-refractivity contribution in [2.24, 2.45) is 5.16 Å². The number of benzene rings is 1. The molecule has 0 bridgehead atoms. The Morgan fingerprint density at radius 1 is 1.38 bits per heavy atom. The summed E-state index contributed by atoms with van der Waals surface area (Å²) in [5, 5.41) is 11.4. The van der Waals surface area contributed by atoms with Crippen LogP contribution in [-0.2, 0) is 22.7 Å². The first-order valence-corrected chi connectivity index (χ1v) is 8.14. The molecule has 0 saturated carbocycles. The summed E-state index contributed by atoms with van der Waals surface area (Å²) in [7, 11) is 0. The lowest BCUT2D eigenvalue weighted by Gasteiger charge is -2.20. The van der Waals surface area contributed by atoms with Crippen molar-refractivity contribution >= 4 is 11.6 Å². The quantitative estimate of drug-likeness (QED) is 0.917. The van der Waals surface area contributed by atoms with Crippen LogP contribution in [0.2, 0.25) is 0 Å². The fraction of sp³-hybridized carbons (Fsp3) is 0.389. The van der Waals surface area contributed by atoms with E-state index in [2.05, 4.69) is 15.6 Å². The molecule has 1 atom stereocenters. The molecule has 0 unspecified atom stereocenters. The lowest BCUT2D eigenvalue weighted by atomic mass is 9.95. The van der Waals surface area contributed by atoms with Crippen molar-refractivity contribution in [2.45, 2.75) is 45.9 Å². The zero-order valence-corrected chi connectivity index (χ0v) is 14.2. The number of rotatable bonds is 5. The molecule has 1 aromatic heterocycles. The molecule has 3 rings (SSSR count). The third kappa shape index (κ3) is 3.18. The van der Waals surface area contributed by atoms with Gasteiger partial charge in [0.25, 0.3) is 5.91 Å². The molecule has 0 spiro atoms. The Balaban J connectivity index is 1.63. The highest BCUT2D eigenvalue weighted by atomic mass is 16.7. The number of nitrogens with zero attached hydrogens (tertiary/aromatic N) is 3. The van der Waals surface area contributed by atoms with E-state index in [-0.39, 0.29) is 5.91 Å². The highest BCUT2D eigenvalue weighted by Gasteiger charge is 2.42. The molecule has 1 aliphatic rings. The van der Waals surface area contributed by atoms with E-state index >= 15 is 0 Å². The van der Waals surface area contributed by atoms with Crippen LogP contribution in [-0.4, -0.2) is 27.0 Å². The van der Waals surface area contributed by atoms with Gasteiger partial charge in [0.15, 0.2) is 0 Å². The van der Waals surface area contributed by atoms with E-state index in [1.54, 1.807) is 6.92 Å². The molecule has 0 saturated heterocycles. The third-order valence-corrected chi connectivity index (χ3v) is 4.16. The molecule has 6 nitrogen and oxygen atoms in total. The Morgan fingerprint density at radius 2 is 2.12 bits per heavy atom. The molecular formula is C18H22N4O2. The second-order valence-corrected chi connectivity index (χ2v) is 6.18. The fourth-order valence-electron chi connectivity index (χ4n) is 2.82. The predicted octanol–water partition coefficient (Wildman–Crippen LogP) is 2.41. The van der Waals surface area contributed by atoms with Gasteiger partial charge in [-0.3, -0.25) is 9.48 Å². The molecule has 24 heavy (non-hydrogen) atoms. The highest BCUT2D eigenvalue weighted by molar-refractivity contribution is 6.05. The van der Waals surface area contributed by atoms with Crippen molar-refractivity contribution in [3.05, 3.63) is 53.3 Å². The number of oxime groups is 1. The Kier molecular flexibility index (Phi) is 4.38. The minimum absolute atomic E-state index is 0.168. The predicted molar refractivity (Wildman–Crippen MR) is 91.6 cm³/mol. The first-order chi connectivity index (χ1) is 11.5. The van der Waals surface area contributed by atoms with Crippen molar-refractivity contribution < 1.29 is 9.63 Å². The first-order valence-electron chi connectivity index (χ1n) is 8.14. The van der Waals surface area contributed by atoms with Gasteiger partial charge >= 0.3 is 0 Å². The smallest absolute Gasteiger partial charge is 0.267 e. The van der Waals surface area contributed by atoms with Crippen LogP contribution in [0, 0.1) is 6.92 Å². The minimum atomic E-state index is -0.975. The van der Waals surface area contributed by atoms with Crippen LogP contribution < -0.4 is 5.32 Å². The molecule has 1 N–H and O–H groups in total. The van der Waals surface area contributed by atoms with E-state index in [1.165, 1.54) is 0 Å². The molecule has 2 heterocycles. The van der Waals surface area contributed by atoms with Crippen molar-refractivity contribution in [1.29, 1.82) is 0 Å². The van der Waals surface area contributed by atoms with Gasteiger partial charge < -0.3 is 10.2 Å². The Bertz CT molecular complexity index is 767. The zero-order valence-electron chi connectivity index (χ0n) is 14.2. The number of aromatic nitrogens is 2. The molecule has 2 aromatic rings. The molecule has 6 heteroatoms. The van der Waals surface area contributed by atoms with Gasteiger partial charge in [-0.25, -0.2) is 0 Å².